The van der Waals surface area contributed by atoms with Crippen molar-refractivity contribution in [1.29, 1.82) is 0 Å². The van der Waals surface area contributed by atoms with Crippen LogP contribution in [0.15, 0.2) is 29.1 Å². The molecule has 0 spiro atoms. The van der Waals surface area contributed by atoms with Gasteiger partial charge in [-0.1, -0.05) is 12.1 Å². The normalized spacial score (nSPS) is 11.3. The van der Waals surface area contributed by atoms with Crippen LogP contribution >= 0.6 is 0 Å². The maximum atomic E-state index is 11.7. The molecule has 3 aromatic rings. The summed E-state index contributed by atoms with van der Waals surface area (Å²) in [7, 11) is 0. The molecule has 0 fully saturated rings. The number of hydrogen-bond acceptors (Lipinski definition) is 3. The standard InChI is InChI=1S/C10H8N4O/c1-6-9-11-10(15)7-4-2-3-5-8(7)14(9)13-12-6/h2-5,13H,1H3. The van der Waals surface area contributed by atoms with Crippen LogP contribution in [-0.2, 0) is 0 Å². The van der Waals surface area contributed by atoms with Gasteiger partial charge < -0.3 is 0 Å². The molecular weight excluding hydrogens is 192 g/mol. The summed E-state index contributed by atoms with van der Waals surface area (Å²) in [4.78, 5) is 15.7. The molecule has 0 saturated heterocycles. The van der Waals surface area contributed by atoms with Crippen molar-refractivity contribution in [2.75, 3.05) is 0 Å². The van der Waals surface area contributed by atoms with Gasteiger partial charge in [0.2, 0.25) is 0 Å². The van der Waals surface area contributed by atoms with Crippen LogP contribution in [0.4, 0.5) is 0 Å². The lowest BCUT2D eigenvalue weighted by molar-refractivity contribution is 0.867. The Morgan fingerprint density at radius 3 is 3.00 bits per heavy atom. The van der Waals surface area contributed by atoms with E-state index >= 15 is 0 Å². The lowest BCUT2D eigenvalue weighted by Gasteiger charge is -1.98. The van der Waals surface area contributed by atoms with E-state index in [1.54, 1.807) is 10.6 Å². The van der Waals surface area contributed by atoms with Gasteiger partial charge in [0.15, 0.2) is 5.65 Å². The molecule has 0 aliphatic heterocycles. The van der Waals surface area contributed by atoms with Gasteiger partial charge in [0, 0.05) is 0 Å². The van der Waals surface area contributed by atoms with Gasteiger partial charge in [-0.25, -0.2) is 9.73 Å². The highest BCUT2D eigenvalue weighted by Crippen LogP contribution is 2.11. The Morgan fingerprint density at radius 2 is 2.13 bits per heavy atom. The third-order valence-electron chi connectivity index (χ3n) is 2.44. The van der Waals surface area contributed by atoms with Crippen LogP contribution in [0, 0.1) is 6.92 Å². The maximum absolute atomic E-state index is 11.7. The van der Waals surface area contributed by atoms with Gasteiger partial charge >= 0.3 is 0 Å². The molecule has 0 aliphatic carbocycles. The van der Waals surface area contributed by atoms with E-state index < -0.39 is 0 Å². The van der Waals surface area contributed by atoms with Crippen molar-refractivity contribution in [3.05, 3.63) is 40.3 Å². The third kappa shape index (κ3) is 0.999. The van der Waals surface area contributed by atoms with Crippen LogP contribution in [0.1, 0.15) is 5.69 Å². The molecular formula is C10H8N4O. The number of hydrogen-bond donors (Lipinski definition) is 1. The summed E-state index contributed by atoms with van der Waals surface area (Å²) < 4.78 is 1.71. The van der Waals surface area contributed by atoms with Crippen LogP contribution in [0.25, 0.3) is 16.6 Å². The number of para-hydroxylation sites is 1. The SMILES string of the molecule is Cc1n[nH]n2c1nc(=O)c1ccccc12. The van der Waals surface area contributed by atoms with E-state index in [-0.39, 0.29) is 5.56 Å². The Morgan fingerprint density at radius 1 is 1.33 bits per heavy atom. The average Bonchev–Trinajstić information content (AvgIpc) is 2.62. The average molecular weight is 200 g/mol. The van der Waals surface area contributed by atoms with E-state index in [1.165, 1.54) is 0 Å². The Kier molecular flexibility index (Phi) is 1.45. The Labute approximate surface area is 84.4 Å². The van der Waals surface area contributed by atoms with Gasteiger partial charge in [0.05, 0.1) is 10.9 Å². The van der Waals surface area contributed by atoms with Crippen molar-refractivity contribution in [3.8, 4) is 0 Å². The molecule has 0 saturated carbocycles. The first-order chi connectivity index (χ1) is 7.27. The van der Waals surface area contributed by atoms with Gasteiger partial charge in [-0.2, -0.15) is 10.1 Å². The second-order valence-electron chi connectivity index (χ2n) is 3.39. The molecule has 15 heavy (non-hydrogen) atoms. The topological polar surface area (TPSA) is 63.1 Å². The molecule has 2 aromatic heterocycles. The molecule has 1 N–H and O–H groups in total. The monoisotopic (exact) mass is 200 g/mol. The molecule has 0 aliphatic rings. The van der Waals surface area contributed by atoms with Crippen LogP contribution in [0.2, 0.25) is 0 Å². The molecule has 0 radical (unpaired) electrons. The molecule has 2 heterocycles. The quantitative estimate of drug-likeness (QED) is 0.586. The summed E-state index contributed by atoms with van der Waals surface area (Å²) in [5, 5.41) is 7.44. The molecule has 5 nitrogen and oxygen atoms in total. The van der Waals surface area contributed by atoms with Crippen LogP contribution < -0.4 is 5.56 Å². The zero-order valence-corrected chi connectivity index (χ0v) is 8.06. The lowest BCUT2D eigenvalue weighted by atomic mass is 10.2. The van der Waals surface area contributed by atoms with Crippen LogP contribution in [0.3, 0.4) is 0 Å². The van der Waals surface area contributed by atoms with Crippen molar-refractivity contribution in [2.45, 2.75) is 6.92 Å². The van der Waals surface area contributed by atoms with Gasteiger partial charge in [-0.3, -0.25) is 4.79 Å². The summed E-state index contributed by atoms with van der Waals surface area (Å²) in [6, 6.07) is 7.32. The number of nitrogens with zero attached hydrogens (tertiary/aromatic N) is 3. The number of H-pyrrole nitrogens is 1. The van der Waals surface area contributed by atoms with Crippen LogP contribution in [-0.4, -0.2) is 19.8 Å². The first kappa shape index (κ1) is 8.16. The fourth-order valence-electron chi connectivity index (χ4n) is 1.69. The minimum Gasteiger partial charge on any atom is -0.267 e. The summed E-state index contributed by atoms with van der Waals surface area (Å²) >= 11 is 0. The van der Waals surface area contributed by atoms with Crippen LogP contribution in [0.5, 0.6) is 0 Å². The first-order valence-corrected chi connectivity index (χ1v) is 4.60. The Balaban J connectivity index is 2.71. The fraction of sp³-hybridized carbons (Fsp3) is 0.100. The summed E-state index contributed by atoms with van der Waals surface area (Å²) in [6.45, 7) is 1.81. The van der Waals surface area contributed by atoms with Crippen molar-refractivity contribution in [2.24, 2.45) is 0 Å². The van der Waals surface area contributed by atoms with E-state index in [2.05, 4.69) is 15.3 Å². The van der Waals surface area contributed by atoms with Crippen molar-refractivity contribution < 1.29 is 0 Å². The minimum absolute atomic E-state index is 0.213. The van der Waals surface area contributed by atoms with Crippen molar-refractivity contribution in [3.63, 3.8) is 0 Å². The highest BCUT2D eigenvalue weighted by atomic mass is 16.1. The minimum atomic E-state index is -0.213. The number of aryl methyl sites for hydroxylation is 1. The summed E-state index contributed by atoms with van der Waals surface area (Å²) in [5.41, 5.74) is 1.89. The molecule has 1 aromatic carbocycles. The summed E-state index contributed by atoms with van der Waals surface area (Å²) in [5.74, 6) is 0. The maximum Gasteiger partial charge on any atom is 0.281 e. The molecule has 0 bridgehead atoms. The van der Waals surface area contributed by atoms with Gasteiger partial charge in [0.25, 0.3) is 5.56 Å². The predicted octanol–water partition coefficient (Wildman–Crippen LogP) is 0.879. The van der Waals surface area contributed by atoms with E-state index in [0.29, 0.717) is 11.0 Å². The van der Waals surface area contributed by atoms with Crippen molar-refractivity contribution >= 4 is 16.6 Å². The molecule has 0 unspecified atom stereocenters. The highest BCUT2D eigenvalue weighted by molar-refractivity contribution is 5.80. The van der Waals surface area contributed by atoms with Gasteiger partial charge in [0.1, 0.15) is 5.69 Å². The van der Waals surface area contributed by atoms with E-state index in [0.717, 1.165) is 11.2 Å². The number of fused-ring (bicyclic) bond motifs is 3. The zero-order valence-electron chi connectivity index (χ0n) is 8.06. The fourth-order valence-corrected chi connectivity index (χ4v) is 1.69. The largest absolute Gasteiger partial charge is 0.281 e. The van der Waals surface area contributed by atoms with Gasteiger partial charge in [-0.15, -0.1) is 0 Å². The zero-order chi connectivity index (χ0) is 10.4. The number of rotatable bonds is 0. The highest BCUT2D eigenvalue weighted by Gasteiger charge is 2.07. The Hall–Kier alpha value is -2.17. The third-order valence-corrected chi connectivity index (χ3v) is 2.44. The molecule has 0 amide bonds. The molecule has 3 rings (SSSR count). The second-order valence-corrected chi connectivity index (χ2v) is 3.39. The Bertz CT molecular complexity index is 710. The molecule has 5 heteroatoms. The van der Waals surface area contributed by atoms with E-state index in [4.69, 9.17) is 0 Å². The first-order valence-electron chi connectivity index (χ1n) is 4.60. The summed E-state index contributed by atoms with van der Waals surface area (Å²) in [6.07, 6.45) is 0. The number of benzene rings is 1. The lowest BCUT2D eigenvalue weighted by Crippen LogP contribution is -2.10. The van der Waals surface area contributed by atoms with E-state index in [9.17, 15) is 4.79 Å². The molecule has 74 valence electrons. The van der Waals surface area contributed by atoms with Crippen molar-refractivity contribution in [1.82, 2.24) is 19.8 Å². The van der Waals surface area contributed by atoms with E-state index in [1.807, 2.05) is 25.1 Å². The predicted molar refractivity (Wildman–Crippen MR) is 55.9 cm³/mol. The second kappa shape index (κ2) is 2.66. The number of aromatic amines is 1. The van der Waals surface area contributed by atoms with Gasteiger partial charge in [-0.05, 0) is 19.1 Å². The number of aromatic nitrogens is 4. The molecule has 0 atom stereocenters. The smallest absolute Gasteiger partial charge is 0.267 e. The number of nitrogens with one attached hydrogen (secondary N) is 1.